The summed E-state index contributed by atoms with van der Waals surface area (Å²) in [6.45, 7) is 7.61. The Morgan fingerprint density at radius 1 is 1.71 bits per heavy atom. The van der Waals surface area contributed by atoms with Gasteiger partial charge in [-0.3, -0.25) is 0 Å². The predicted octanol–water partition coefficient (Wildman–Crippen LogP) is 2.60. The van der Waals surface area contributed by atoms with E-state index in [-0.39, 0.29) is 5.41 Å². The van der Waals surface area contributed by atoms with Crippen LogP contribution >= 0.6 is 0 Å². The average molecular weight is 360 g/mol. The Balaban J connectivity index is 2.86. The molecule has 0 aromatic heterocycles. The van der Waals surface area contributed by atoms with Gasteiger partial charge in [0.1, 0.15) is 0 Å². The molecule has 14 heavy (non-hydrogen) atoms. The molecule has 0 amide bonds. The summed E-state index contributed by atoms with van der Waals surface area (Å²) in [7, 11) is 0. The SMILES string of the molecule is C=CC=C1CCC(C)(CC(C)=O)[C]1=[W]. The monoisotopic (exact) mass is 360 g/mol. The van der Waals surface area contributed by atoms with Gasteiger partial charge in [0, 0.05) is 0 Å². The maximum atomic E-state index is 11.2. The molecule has 1 rings (SSSR count). The van der Waals surface area contributed by atoms with Gasteiger partial charge in [0.25, 0.3) is 0 Å². The fourth-order valence-corrected chi connectivity index (χ4v) is 3.28. The van der Waals surface area contributed by atoms with E-state index in [1.807, 2.05) is 6.08 Å². The molecule has 76 valence electrons. The summed E-state index contributed by atoms with van der Waals surface area (Å²) in [5.74, 6) is 0.297. The molecule has 1 aliphatic rings. The summed E-state index contributed by atoms with van der Waals surface area (Å²) < 4.78 is 1.45. The van der Waals surface area contributed by atoms with Crippen molar-refractivity contribution in [3.05, 3.63) is 24.3 Å². The van der Waals surface area contributed by atoms with E-state index in [0.717, 1.165) is 12.8 Å². The number of Topliss-reactive ketones (excluding diaryl/α,β-unsaturated/α-hetero) is 1. The van der Waals surface area contributed by atoms with E-state index in [2.05, 4.69) is 19.6 Å². The molecule has 0 aliphatic heterocycles. The van der Waals surface area contributed by atoms with E-state index in [4.69, 9.17) is 0 Å². The van der Waals surface area contributed by atoms with Gasteiger partial charge in [-0.15, -0.1) is 0 Å². The number of allylic oxidation sites excluding steroid dienone is 3. The normalized spacial score (nSPS) is 29.6. The van der Waals surface area contributed by atoms with Gasteiger partial charge in [0.05, 0.1) is 0 Å². The number of carbonyl (C=O) groups is 1. The predicted molar refractivity (Wildman–Crippen MR) is 55.9 cm³/mol. The van der Waals surface area contributed by atoms with Gasteiger partial charge in [-0.05, 0) is 0 Å². The topological polar surface area (TPSA) is 17.1 Å². The standard InChI is InChI=1S/C12H16O.W/c1-4-5-11-6-7-12(3,9-11)8-10(2)13;/h4-5H,1,6-8H2,2-3H3;. The molecule has 0 heterocycles. The summed E-state index contributed by atoms with van der Waals surface area (Å²) in [5, 5.41) is 0. The summed E-state index contributed by atoms with van der Waals surface area (Å²) in [5.41, 5.74) is 1.54. The molecule has 0 saturated heterocycles. The van der Waals surface area contributed by atoms with Crippen molar-refractivity contribution >= 4 is 9.68 Å². The van der Waals surface area contributed by atoms with Gasteiger partial charge in [0.2, 0.25) is 0 Å². The van der Waals surface area contributed by atoms with Crippen LogP contribution in [0.15, 0.2) is 24.3 Å². The number of ketones is 1. The first kappa shape index (κ1) is 11.8. The zero-order valence-corrected chi connectivity index (χ0v) is 11.7. The molecule has 0 bridgehead atoms. The Bertz CT molecular complexity index is 314. The second kappa shape index (κ2) is 4.49. The first-order valence-corrected chi connectivity index (χ1v) is 6.32. The van der Waals surface area contributed by atoms with Crippen molar-refractivity contribution in [3.63, 3.8) is 0 Å². The van der Waals surface area contributed by atoms with Gasteiger partial charge < -0.3 is 0 Å². The van der Waals surface area contributed by atoms with Gasteiger partial charge in [-0.25, -0.2) is 0 Å². The van der Waals surface area contributed by atoms with Crippen LogP contribution < -0.4 is 0 Å². The molecule has 1 unspecified atom stereocenters. The van der Waals surface area contributed by atoms with Crippen LogP contribution in [-0.4, -0.2) is 9.68 Å². The van der Waals surface area contributed by atoms with E-state index >= 15 is 0 Å². The molecule has 0 spiro atoms. The van der Waals surface area contributed by atoms with Crippen LogP contribution in [0.1, 0.15) is 33.1 Å². The fourth-order valence-electron chi connectivity index (χ4n) is 2.04. The van der Waals surface area contributed by atoms with E-state index in [1.54, 1.807) is 6.92 Å². The Morgan fingerprint density at radius 3 is 2.86 bits per heavy atom. The van der Waals surface area contributed by atoms with Crippen molar-refractivity contribution in [1.29, 1.82) is 0 Å². The van der Waals surface area contributed by atoms with E-state index in [1.165, 1.54) is 28.8 Å². The first-order chi connectivity index (χ1) is 6.49. The van der Waals surface area contributed by atoms with Crippen LogP contribution in [0.25, 0.3) is 0 Å². The third-order valence-electron chi connectivity index (χ3n) is 2.74. The quantitative estimate of drug-likeness (QED) is 0.756. The molecular formula is C12H16OW. The van der Waals surface area contributed by atoms with Crippen molar-refractivity contribution in [2.24, 2.45) is 5.41 Å². The molecule has 1 fully saturated rings. The molecule has 2 heteroatoms. The van der Waals surface area contributed by atoms with Crippen LogP contribution in [0.5, 0.6) is 0 Å². The zero-order chi connectivity index (χ0) is 10.8. The van der Waals surface area contributed by atoms with E-state index in [0.29, 0.717) is 12.2 Å². The molecular weight excluding hydrogens is 344 g/mol. The van der Waals surface area contributed by atoms with Crippen molar-refractivity contribution in [3.8, 4) is 0 Å². The fraction of sp³-hybridized carbons (Fsp3) is 0.500. The van der Waals surface area contributed by atoms with Gasteiger partial charge in [-0.2, -0.15) is 0 Å². The van der Waals surface area contributed by atoms with Crippen molar-refractivity contribution in [1.82, 2.24) is 0 Å². The van der Waals surface area contributed by atoms with E-state index in [9.17, 15) is 4.79 Å². The Hall–Kier alpha value is -0.292. The number of carbonyl (C=O) groups excluding carboxylic acids is 1. The van der Waals surface area contributed by atoms with Crippen molar-refractivity contribution in [2.45, 2.75) is 33.1 Å². The Morgan fingerprint density at radius 2 is 2.36 bits per heavy atom. The molecule has 0 N–H and O–H groups in total. The van der Waals surface area contributed by atoms with Gasteiger partial charge >= 0.3 is 96.7 Å². The number of rotatable bonds is 3. The van der Waals surface area contributed by atoms with Crippen molar-refractivity contribution < 1.29 is 24.1 Å². The molecule has 1 atom stereocenters. The van der Waals surface area contributed by atoms with Gasteiger partial charge in [-0.1, -0.05) is 0 Å². The molecule has 1 saturated carbocycles. The van der Waals surface area contributed by atoms with Crippen LogP contribution in [0.3, 0.4) is 0 Å². The number of hydrogen-bond acceptors (Lipinski definition) is 1. The maximum absolute atomic E-state index is 11.2. The third kappa shape index (κ3) is 2.39. The molecule has 0 radical (unpaired) electrons. The second-order valence-corrected chi connectivity index (χ2v) is 5.66. The molecule has 1 aliphatic carbocycles. The van der Waals surface area contributed by atoms with Crippen LogP contribution in [0.2, 0.25) is 0 Å². The third-order valence-corrected chi connectivity index (χ3v) is 5.46. The zero-order valence-electron chi connectivity index (χ0n) is 8.80. The Labute approximate surface area is 96.7 Å². The summed E-state index contributed by atoms with van der Waals surface area (Å²) in [4.78, 5) is 11.2. The average Bonchev–Trinajstić information content (AvgIpc) is 2.32. The van der Waals surface area contributed by atoms with Crippen LogP contribution in [-0.2, 0) is 24.1 Å². The number of hydrogen-bond donors (Lipinski definition) is 0. The van der Waals surface area contributed by atoms with Crippen molar-refractivity contribution in [2.75, 3.05) is 0 Å². The van der Waals surface area contributed by atoms with E-state index < -0.39 is 0 Å². The minimum atomic E-state index is 0.135. The molecule has 0 aromatic carbocycles. The van der Waals surface area contributed by atoms with Crippen LogP contribution in [0, 0.1) is 5.41 Å². The van der Waals surface area contributed by atoms with Crippen LogP contribution in [0.4, 0.5) is 0 Å². The second-order valence-electron chi connectivity index (χ2n) is 4.20. The summed E-state index contributed by atoms with van der Waals surface area (Å²) >= 11 is 1.49. The molecule has 0 aromatic rings. The Kier molecular flexibility index (Phi) is 3.77. The summed E-state index contributed by atoms with van der Waals surface area (Å²) in [6.07, 6.45) is 6.85. The first-order valence-electron chi connectivity index (χ1n) is 4.85. The minimum absolute atomic E-state index is 0.135. The molecule has 1 nitrogen and oxygen atoms in total. The summed E-state index contributed by atoms with van der Waals surface area (Å²) in [6, 6.07) is 0. The van der Waals surface area contributed by atoms with Gasteiger partial charge in [0.15, 0.2) is 0 Å².